The lowest BCUT2D eigenvalue weighted by Gasteiger charge is -2.20. The zero-order valence-corrected chi connectivity index (χ0v) is 19.4. The average Bonchev–Trinajstić information content (AvgIpc) is 2.81. The van der Waals surface area contributed by atoms with Gasteiger partial charge in [-0.15, -0.1) is 0 Å². The van der Waals surface area contributed by atoms with E-state index in [-0.39, 0.29) is 0 Å². The second-order valence-electron chi connectivity index (χ2n) is 6.84. The molecular weight excluding hydrogens is 409 g/mol. The molecule has 1 N–H and O–H groups in total. The SMILES string of the molecule is COc1cccc(P(CCNCCSCc2ccccc2)c2cccc(OC)c2)c1. The molecule has 0 heterocycles. The predicted molar refractivity (Wildman–Crippen MR) is 133 cm³/mol. The molecule has 3 nitrogen and oxygen atoms in total. The second-order valence-corrected chi connectivity index (χ2v) is 10.3. The molecule has 30 heavy (non-hydrogen) atoms. The lowest BCUT2D eigenvalue weighted by Crippen LogP contribution is -2.24. The summed E-state index contributed by atoms with van der Waals surface area (Å²) in [6, 6.07) is 27.6. The van der Waals surface area contributed by atoms with Crippen molar-refractivity contribution in [2.45, 2.75) is 5.75 Å². The molecule has 3 aromatic rings. The van der Waals surface area contributed by atoms with Gasteiger partial charge >= 0.3 is 0 Å². The van der Waals surface area contributed by atoms with E-state index < -0.39 is 7.92 Å². The highest BCUT2D eigenvalue weighted by Crippen LogP contribution is 2.35. The van der Waals surface area contributed by atoms with Crippen LogP contribution in [0.1, 0.15) is 5.56 Å². The van der Waals surface area contributed by atoms with Gasteiger partial charge in [0.15, 0.2) is 0 Å². The van der Waals surface area contributed by atoms with Crippen molar-refractivity contribution < 1.29 is 9.47 Å². The van der Waals surface area contributed by atoms with Crippen LogP contribution in [0.3, 0.4) is 0 Å². The molecule has 0 spiro atoms. The summed E-state index contributed by atoms with van der Waals surface area (Å²) in [5, 5.41) is 6.29. The lowest BCUT2D eigenvalue weighted by atomic mass is 10.2. The first-order valence-corrected chi connectivity index (χ1v) is 12.9. The molecule has 0 aliphatic heterocycles. The predicted octanol–water partition coefficient (Wildman–Crippen LogP) is 4.66. The van der Waals surface area contributed by atoms with Gasteiger partial charge in [-0.3, -0.25) is 0 Å². The minimum atomic E-state index is -0.485. The zero-order valence-electron chi connectivity index (χ0n) is 17.7. The summed E-state index contributed by atoms with van der Waals surface area (Å²) < 4.78 is 10.9. The Morgan fingerprint density at radius 2 is 1.40 bits per heavy atom. The van der Waals surface area contributed by atoms with Gasteiger partial charge in [-0.25, -0.2) is 0 Å². The highest BCUT2D eigenvalue weighted by Gasteiger charge is 2.15. The lowest BCUT2D eigenvalue weighted by molar-refractivity contribution is 0.415. The van der Waals surface area contributed by atoms with Gasteiger partial charge < -0.3 is 14.8 Å². The van der Waals surface area contributed by atoms with Crippen LogP contribution >= 0.6 is 19.7 Å². The molecular formula is C25H30NO2PS. The molecule has 0 radical (unpaired) electrons. The summed E-state index contributed by atoms with van der Waals surface area (Å²) in [5.41, 5.74) is 1.39. The highest BCUT2D eigenvalue weighted by molar-refractivity contribution is 7.98. The first-order valence-electron chi connectivity index (χ1n) is 10.2. The fourth-order valence-electron chi connectivity index (χ4n) is 3.19. The second kappa shape index (κ2) is 12.6. The molecule has 0 bridgehead atoms. The fraction of sp³-hybridized carbons (Fsp3) is 0.280. The Labute approximate surface area is 185 Å². The molecule has 3 rings (SSSR count). The third-order valence-electron chi connectivity index (χ3n) is 4.78. The normalized spacial score (nSPS) is 10.9. The van der Waals surface area contributed by atoms with E-state index >= 15 is 0 Å². The van der Waals surface area contributed by atoms with E-state index in [1.54, 1.807) is 14.2 Å². The Hall–Kier alpha value is -2.00. The first-order chi connectivity index (χ1) is 14.8. The van der Waals surface area contributed by atoms with Crippen LogP contribution in [-0.4, -0.2) is 39.2 Å². The van der Waals surface area contributed by atoms with E-state index in [1.807, 2.05) is 23.9 Å². The van der Waals surface area contributed by atoms with Gasteiger partial charge in [-0.05, 0) is 61.1 Å². The summed E-state index contributed by atoms with van der Waals surface area (Å²) in [4.78, 5) is 0. The molecule has 158 valence electrons. The molecule has 0 saturated heterocycles. The van der Waals surface area contributed by atoms with E-state index in [1.165, 1.54) is 16.2 Å². The molecule has 0 aliphatic rings. The summed E-state index contributed by atoms with van der Waals surface area (Å²) >= 11 is 1.98. The van der Waals surface area contributed by atoms with Crippen LogP contribution in [0, 0.1) is 0 Å². The molecule has 0 amide bonds. The Morgan fingerprint density at radius 3 is 2.00 bits per heavy atom. The zero-order chi connectivity index (χ0) is 21.0. The molecule has 0 fully saturated rings. The van der Waals surface area contributed by atoms with Crippen LogP contribution in [0.5, 0.6) is 11.5 Å². The monoisotopic (exact) mass is 439 g/mol. The number of methoxy groups -OCH3 is 2. The summed E-state index contributed by atoms with van der Waals surface area (Å²) in [6.45, 7) is 2.02. The van der Waals surface area contributed by atoms with Gasteiger partial charge in [0, 0.05) is 18.1 Å². The quantitative estimate of drug-likeness (QED) is 0.328. The van der Waals surface area contributed by atoms with Crippen LogP contribution in [0.4, 0.5) is 0 Å². The van der Waals surface area contributed by atoms with Crippen molar-refractivity contribution in [1.82, 2.24) is 5.32 Å². The summed E-state index contributed by atoms with van der Waals surface area (Å²) in [7, 11) is 2.96. The number of ether oxygens (including phenoxy) is 2. The van der Waals surface area contributed by atoms with Crippen molar-refractivity contribution in [3.63, 3.8) is 0 Å². The summed E-state index contributed by atoms with van der Waals surface area (Å²) in [6.07, 6.45) is 1.08. The first kappa shape index (κ1) is 22.7. The Morgan fingerprint density at radius 1 is 0.767 bits per heavy atom. The fourth-order valence-corrected chi connectivity index (χ4v) is 6.34. The smallest absolute Gasteiger partial charge is 0.119 e. The van der Waals surface area contributed by atoms with Crippen LogP contribution in [0.25, 0.3) is 0 Å². The number of hydrogen-bond acceptors (Lipinski definition) is 4. The van der Waals surface area contributed by atoms with Crippen molar-refractivity contribution in [3.05, 3.63) is 84.4 Å². The van der Waals surface area contributed by atoms with E-state index in [9.17, 15) is 0 Å². The molecule has 0 atom stereocenters. The van der Waals surface area contributed by atoms with Gasteiger partial charge in [-0.1, -0.05) is 54.6 Å². The van der Waals surface area contributed by atoms with Gasteiger partial charge in [0.1, 0.15) is 11.5 Å². The van der Waals surface area contributed by atoms with Crippen LogP contribution < -0.4 is 25.4 Å². The van der Waals surface area contributed by atoms with Crippen molar-refractivity contribution in [2.24, 2.45) is 0 Å². The number of hydrogen-bond donors (Lipinski definition) is 1. The van der Waals surface area contributed by atoms with Gasteiger partial charge in [0.05, 0.1) is 14.2 Å². The molecule has 3 aromatic carbocycles. The average molecular weight is 440 g/mol. The maximum absolute atomic E-state index is 5.46. The highest BCUT2D eigenvalue weighted by atomic mass is 32.2. The third kappa shape index (κ3) is 7.05. The largest absolute Gasteiger partial charge is 0.497 e. The van der Waals surface area contributed by atoms with Crippen molar-refractivity contribution >= 4 is 30.3 Å². The van der Waals surface area contributed by atoms with Gasteiger partial charge in [0.25, 0.3) is 0 Å². The van der Waals surface area contributed by atoms with Gasteiger partial charge in [-0.2, -0.15) is 11.8 Å². The summed E-state index contributed by atoms with van der Waals surface area (Å²) in [5.74, 6) is 4.01. The number of benzene rings is 3. The van der Waals surface area contributed by atoms with Crippen molar-refractivity contribution in [1.29, 1.82) is 0 Å². The minimum Gasteiger partial charge on any atom is -0.497 e. The number of nitrogens with one attached hydrogen (secondary N) is 1. The molecule has 0 aliphatic carbocycles. The van der Waals surface area contributed by atoms with Crippen molar-refractivity contribution in [3.8, 4) is 11.5 Å². The van der Waals surface area contributed by atoms with E-state index in [4.69, 9.17) is 9.47 Å². The third-order valence-corrected chi connectivity index (χ3v) is 8.28. The van der Waals surface area contributed by atoms with E-state index in [0.29, 0.717) is 0 Å². The Kier molecular flexibility index (Phi) is 9.56. The minimum absolute atomic E-state index is 0.485. The number of rotatable bonds is 12. The molecule has 0 unspecified atom stereocenters. The molecule has 0 saturated carbocycles. The molecule has 5 heteroatoms. The van der Waals surface area contributed by atoms with Crippen molar-refractivity contribution in [2.75, 3.05) is 39.2 Å². The molecule has 0 aromatic heterocycles. The topological polar surface area (TPSA) is 30.5 Å². The van der Waals surface area contributed by atoms with E-state index in [0.717, 1.165) is 42.3 Å². The number of thioether (sulfide) groups is 1. The van der Waals surface area contributed by atoms with Crippen LogP contribution in [-0.2, 0) is 5.75 Å². The standard InChI is InChI=1S/C25H30NO2PS/c1-27-22-10-6-12-24(18-22)29(25-13-7-11-23(19-25)28-2)16-14-26-15-17-30-20-21-8-4-3-5-9-21/h3-13,18-19,26H,14-17,20H2,1-2H3. The van der Waals surface area contributed by atoms with E-state index in [2.05, 4.69) is 72.0 Å². The van der Waals surface area contributed by atoms with Crippen LogP contribution in [0.2, 0.25) is 0 Å². The van der Waals surface area contributed by atoms with Crippen LogP contribution in [0.15, 0.2) is 78.9 Å². The maximum atomic E-state index is 5.46. The Balaban J connectivity index is 1.54. The maximum Gasteiger partial charge on any atom is 0.119 e. The Bertz CT molecular complexity index is 844. The van der Waals surface area contributed by atoms with Gasteiger partial charge in [0.2, 0.25) is 0 Å².